The number of carbonyl (C=O) groups excluding carboxylic acids is 1. The summed E-state index contributed by atoms with van der Waals surface area (Å²) in [4.78, 5) is 24.3. The molecule has 0 aliphatic rings. The lowest BCUT2D eigenvalue weighted by Crippen LogP contribution is -2.32. The van der Waals surface area contributed by atoms with Gasteiger partial charge >= 0.3 is 6.18 Å². The van der Waals surface area contributed by atoms with Crippen molar-refractivity contribution in [3.8, 4) is 5.69 Å². The topological polar surface area (TPSA) is 73.2 Å². The summed E-state index contributed by atoms with van der Waals surface area (Å²) in [6.45, 7) is 4.70. The number of carbonyl (C=O) groups is 1. The van der Waals surface area contributed by atoms with Crippen LogP contribution in [0.5, 0.6) is 0 Å². The van der Waals surface area contributed by atoms with E-state index in [4.69, 9.17) is 4.74 Å². The predicted octanol–water partition coefficient (Wildman–Crippen LogP) is 2.72. The van der Waals surface area contributed by atoms with Crippen LogP contribution in [0.4, 0.5) is 13.2 Å². The van der Waals surface area contributed by atoms with Crippen LogP contribution in [-0.2, 0) is 10.9 Å². The Morgan fingerprint density at radius 2 is 2.04 bits per heavy atom. The van der Waals surface area contributed by atoms with Gasteiger partial charge in [0, 0.05) is 31.5 Å². The van der Waals surface area contributed by atoms with E-state index in [-0.39, 0.29) is 17.9 Å². The lowest BCUT2D eigenvalue weighted by molar-refractivity contribution is -0.137. The molecule has 2 rings (SSSR count). The molecule has 0 spiro atoms. The number of alkyl halides is 3. The zero-order valence-corrected chi connectivity index (χ0v) is 15.0. The average Bonchev–Trinajstić information content (AvgIpc) is 2.61. The van der Waals surface area contributed by atoms with Gasteiger partial charge in [-0.2, -0.15) is 18.3 Å². The van der Waals surface area contributed by atoms with Crippen LogP contribution in [-0.4, -0.2) is 35.4 Å². The van der Waals surface area contributed by atoms with Crippen molar-refractivity contribution in [1.29, 1.82) is 0 Å². The molecule has 1 aromatic heterocycles. The van der Waals surface area contributed by atoms with Crippen LogP contribution >= 0.6 is 0 Å². The van der Waals surface area contributed by atoms with E-state index >= 15 is 0 Å². The first-order chi connectivity index (χ1) is 12.7. The molecule has 0 atom stereocenters. The summed E-state index contributed by atoms with van der Waals surface area (Å²) in [5.74, 6) is -0.683. The second-order valence-corrected chi connectivity index (χ2v) is 5.76. The molecule has 0 radical (unpaired) electrons. The molecule has 0 bridgehead atoms. The van der Waals surface area contributed by atoms with Gasteiger partial charge in [0.2, 0.25) is 5.43 Å². The van der Waals surface area contributed by atoms with Crippen LogP contribution < -0.4 is 10.7 Å². The summed E-state index contributed by atoms with van der Waals surface area (Å²) in [5, 5.41) is 6.53. The zero-order valence-electron chi connectivity index (χ0n) is 15.0. The Kier molecular flexibility index (Phi) is 6.73. The minimum absolute atomic E-state index is 0.104. The molecule has 1 N–H and O–H groups in total. The van der Waals surface area contributed by atoms with E-state index in [1.807, 2.05) is 6.92 Å². The molecule has 1 amide bonds. The van der Waals surface area contributed by atoms with Crippen molar-refractivity contribution in [3.05, 3.63) is 57.5 Å². The van der Waals surface area contributed by atoms with Gasteiger partial charge in [-0.15, -0.1) is 0 Å². The van der Waals surface area contributed by atoms with Crippen molar-refractivity contribution < 1.29 is 22.7 Å². The first-order valence-electron chi connectivity index (χ1n) is 8.38. The summed E-state index contributed by atoms with van der Waals surface area (Å²) in [5.41, 5.74) is -1.41. The van der Waals surface area contributed by atoms with Crippen LogP contribution in [0.25, 0.3) is 5.69 Å². The maximum absolute atomic E-state index is 12.9. The van der Waals surface area contributed by atoms with E-state index in [1.54, 1.807) is 0 Å². The summed E-state index contributed by atoms with van der Waals surface area (Å²) < 4.78 is 45.1. The molecule has 0 aliphatic carbocycles. The third-order valence-electron chi connectivity index (χ3n) is 3.70. The predicted molar refractivity (Wildman–Crippen MR) is 93.0 cm³/mol. The normalized spacial score (nSPS) is 11.4. The number of rotatable bonds is 7. The third kappa shape index (κ3) is 5.40. The highest BCUT2D eigenvalue weighted by Gasteiger charge is 2.30. The average molecular weight is 383 g/mol. The Labute approximate surface area is 154 Å². The third-order valence-corrected chi connectivity index (χ3v) is 3.70. The van der Waals surface area contributed by atoms with Crippen LogP contribution in [0.2, 0.25) is 0 Å². The van der Waals surface area contributed by atoms with E-state index in [2.05, 4.69) is 10.4 Å². The van der Waals surface area contributed by atoms with E-state index in [1.165, 1.54) is 25.1 Å². The molecule has 0 aliphatic heterocycles. The molecule has 0 fully saturated rings. The van der Waals surface area contributed by atoms with Crippen LogP contribution in [0.1, 0.15) is 35.1 Å². The minimum Gasteiger partial charge on any atom is -0.382 e. The maximum Gasteiger partial charge on any atom is 0.416 e. The number of amides is 1. The van der Waals surface area contributed by atoms with E-state index < -0.39 is 23.1 Å². The molecule has 27 heavy (non-hydrogen) atoms. The number of ether oxygens (including phenoxy) is 1. The van der Waals surface area contributed by atoms with Crippen molar-refractivity contribution in [3.63, 3.8) is 0 Å². The molecule has 1 heterocycles. The zero-order chi connectivity index (χ0) is 20.0. The Morgan fingerprint density at radius 3 is 2.70 bits per heavy atom. The van der Waals surface area contributed by atoms with E-state index in [0.717, 1.165) is 16.8 Å². The highest BCUT2D eigenvalue weighted by atomic mass is 19.4. The van der Waals surface area contributed by atoms with Gasteiger partial charge in [0.05, 0.1) is 11.3 Å². The van der Waals surface area contributed by atoms with Gasteiger partial charge in [-0.05, 0) is 38.5 Å². The van der Waals surface area contributed by atoms with Gasteiger partial charge in [0.1, 0.15) is 0 Å². The van der Waals surface area contributed by atoms with E-state index in [9.17, 15) is 22.8 Å². The Hall–Kier alpha value is -2.68. The molecular weight excluding hydrogens is 363 g/mol. The quantitative estimate of drug-likeness (QED) is 0.747. The van der Waals surface area contributed by atoms with Crippen molar-refractivity contribution in [2.75, 3.05) is 19.8 Å². The number of halogens is 3. The maximum atomic E-state index is 12.9. The molecule has 0 unspecified atom stereocenters. The molecular formula is C18H20F3N3O3. The molecule has 0 saturated heterocycles. The van der Waals surface area contributed by atoms with Crippen LogP contribution in [0.15, 0.2) is 35.1 Å². The highest BCUT2D eigenvalue weighted by Crippen LogP contribution is 2.30. The van der Waals surface area contributed by atoms with Crippen molar-refractivity contribution in [2.24, 2.45) is 0 Å². The summed E-state index contributed by atoms with van der Waals surface area (Å²) in [7, 11) is 0. The molecule has 1 aromatic carbocycles. The largest absolute Gasteiger partial charge is 0.416 e. The fourth-order valence-electron chi connectivity index (χ4n) is 2.38. The first kappa shape index (κ1) is 20.6. The number of benzene rings is 1. The number of aryl methyl sites for hydroxylation is 1. The number of aromatic nitrogens is 2. The fraction of sp³-hybridized carbons (Fsp3) is 0.389. The molecule has 9 heteroatoms. The number of hydrogen-bond acceptors (Lipinski definition) is 4. The fourth-order valence-corrected chi connectivity index (χ4v) is 2.38. The Bertz CT molecular complexity index is 863. The summed E-state index contributed by atoms with van der Waals surface area (Å²) >= 11 is 0. The van der Waals surface area contributed by atoms with Crippen LogP contribution in [0.3, 0.4) is 0 Å². The number of nitrogens with one attached hydrogen (secondary N) is 1. The summed E-state index contributed by atoms with van der Waals surface area (Å²) in [6, 6.07) is 5.68. The minimum atomic E-state index is -4.51. The summed E-state index contributed by atoms with van der Waals surface area (Å²) in [6.07, 6.45) is -3.95. The van der Waals surface area contributed by atoms with E-state index in [0.29, 0.717) is 25.3 Å². The standard InChI is InChI=1S/C18H20F3N3O3/c1-3-27-9-5-8-22-17(26)16-15(25)10-12(2)24(23-16)14-7-4-6-13(11-14)18(19,20)21/h4,6-7,10-11H,3,5,8-9H2,1-2H3,(H,22,26). The van der Waals surface area contributed by atoms with Gasteiger partial charge in [0.25, 0.3) is 5.91 Å². The number of nitrogens with zero attached hydrogens (tertiary/aromatic N) is 2. The lowest BCUT2D eigenvalue weighted by Gasteiger charge is -2.13. The number of hydrogen-bond donors (Lipinski definition) is 1. The lowest BCUT2D eigenvalue weighted by atomic mass is 10.2. The molecule has 6 nitrogen and oxygen atoms in total. The smallest absolute Gasteiger partial charge is 0.382 e. The Morgan fingerprint density at radius 1 is 1.30 bits per heavy atom. The highest BCUT2D eigenvalue weighted by molar-refractivity contribution is 5.92. The Balaban J connectivity index is 2.28. The van der Waals surface area contributed by atoms with Crippen molar-refractivity contribution in [1.82, 2.24) is 15.1 Å². The van der Waals surface area contributed by atoms with Gasteiger partial charge in [-0.3, -0.25) is 9.59 Å². The molecule has 0 saturated carbocycles. The first-order valence-corrected chi connectivity index (χ1v) is 8.38. The monoisotopic (exact) mass is 383 g/mol. The van der Waals surface area contributed by atoms with Crippen molar-refractivity contribution >= 4 is 5.91 Å². The second-order valence-electron chi connectivity index (χ2n) is 5.76. The van der Waals surface area contributed by atoms with Crippen LogP contribution in [0, 0.1) is 6.92 Å². The second kappa shape index (κ2) is 8.81. The van der Waals surface area contributed by atoms with Gasteiger partial charge in [0.15, 0.2) is 5.69 Å². The van der Waals surface area contributed by atoms with Gasteiger partial charge in [-0.1, -0.05) is 6.07 Å². The SMILES string of the molecule is CCOCCCNC(=O)c1nn(-c2cccc(C(F)(F)F)c2)c(C)cc1=O. The molecule has 146 valence electrons. The van der Waals surface area contributed by atoms with Gasteiger partial charge in [-0.25, -0.2) is 4.68 Å². The van der Waals surface area contributed by atoms with Gasteiger partial charge < -0.3 is 10.1 Å². The molecule has 2 aromatic rings. The van der Waals surface area contributed by atoms with Crippen molar-refractivity contribution in [2.45, 2.75) is 26.4 Å².